The number of aliphatic hydroxyl groups is 1. The lowest BCUT2D eigenvalue weighted by Crippen LogP contribution is -2.55. The third kappa shape index (κ3) is 2.05. The molecule has 2 N–H and O–H groups in total. The second-order valence-electron chi connectivity index (χ2n) is 4.63. The summed E-state index contributed by atoms with van der Waals surface area (Å²) in [5.41, 5.74) is -0.833. The molecule has 0 saturated carbocycles. The quantitative estimate of drug-likeness (QED) is 0.490. The van der Waals surface area contributed by atoms with Crippen LogP contribution < -0.4 is 5.32 Å². The lowest BCUT2D eigenvalue weighted by atomic mass is 9.87. The van der Waals surface area contributed by atoms with Crippen LogP contribution in [0.5, 0.6) is 0 Å². The van der Waals surface area contributed by atoms with Gasteiger partial charge in [-0.1, -0.05) is 0 Å². The molecule has 1 spiro atoms. The molecule has 0 bridgehead atoms. The Morgan fingerprint density at radius 3 is 2.61 bits per heavy atom. The standard InChI is InChI=1S/C11H16N4O3/c12-3-6-15-9(17)11(13-10(15)18)1-4-14(5-2-11)7-8-16/h16H,1-2,4-8H2,(H,13,18). The summed E-state index contributed by atoms with van der Waals surface area (Å²) in [7, 11) is 0. The lowest BCUT2D eigenvalue weighted by Gasteiger charge is -2.36. The van der Waals surface area contributed by atoms with Crippen LogP contribution in [-0.2, 0) is 4.79 Å². The van der Waals surface area contributed by atoms with Gasteiger partial charge in [0, 0.05) is 19.6 Å². The average Bonchev–Trinajstić information content (AvgIpc) is 2.58. The van der Waals surface area contributed by atoms with Crippen molar-refractivity contribution >= 4 is 11.9 Å². The number of piperidine rings is 1. The second-order valence-corrected chi connectivity index (χ2v) is 4.63. The minimum atomic E-state index is -0.833. The Balaban J connectivity index is 2.04. The van der Waals surface area contributed by atoms with Crippen LogP contribution >= 0.6 is 0 Å². The van der Waals surface area contributed by atoms with Crippen molar-refractivity contribution in [3.63, 3.8) is 0 Å². The number of nitrogens with zero attached hydrogens (tertiary/aromatic N) is 3. The fraction of sp³-hybridized carbons (Fsp3) is 0.727. The molecule has 2 fully saturated rings. The minimum Gasteiger partial charge on any atom is -0.395 e. The zero-order chi connectivity index (χ0) is 13.2. The number of nitriles is 1. The first-order chi connectivity index (χ1) is 8.63. The van der Waals surface area contributed by atoms with Crippen molar-refractivity contribution < 1.29 is 14.7 Å². The molecule has 0 aliphatic carbocycles. The summed E-state index contributed by atoms with van der Waals surface area (Å²) in [5, 5.41) is 20.2. The Bertz CT molecular complexity index is 396. The average molecular weight is 252 g/mol. The van der Waals surface area contributed by atoms with Crippen molar-refractivity contribution in [1.82, 2.24) is 15.1 Å². The maximum absolute atomic E-state index is 12.2. The van der Waals surface area contributed by atoms with E-state index >= 15 is 0 Å². The van der Waals surface area contributed by atoms with Crippen molar-refractivity contribution in [3.05, 3.63) is 0 Å². The van der Waals surface area contributed by atoms with Gasteiger partial charge in [0.1, 0.15) is 12.1 Å². The molecule has 0 aromatic heterocycles. The lowest BCUT2D eigenvalue weighted by molar-refractivity contribution is -0.132. The number of β-amino-alcohol motifs (C(OH)–C–C–N with tert-alkyl or cyclic N) is 1. The molecule has 2 aliphatic rings. The maximum atomic E-state index is 12.2. The van der Waals surface area contributed by atoms with Crippen molar-refractivity contribution in [2.75, 3.05) is 32.8 Å². The van der Waals surface area contributed by atoms with E-state index in [-0.39, 0.29) is 19.1 Å². The van der Waals surface area contributed by atoms with Gasteiger partial charge in [0.05, 0.1) is 12.7 Å². The van der Waals surface area contributed by atoms with Crippen LogP contribution in [0.15, 0.2) is 0 Å². The summed E-state index contributed by atoms with van der Waals surface area (Å²) < 4.78 is 0. The Morgan fingerprint density at radius 1 is 1.39 bits per heavy atom. The number of urea groups is 1. The molecular formula is C11H16N4O3. The Kier molecular flexibility index (Phi) is 3.50. The predicted octanol–water partition coefficient (Wildman–Crippen LogP) is -1.11. The molecule has 0 radical (unpaired) electrons. The van der Waals surface area contributed by atoms with Crippen LogP contribution in [0, 0.1) is 11.3 Å². The van der Waals surface area contributed by atoms with Crippen LogP contribution in [0.1, 0.15) is 12.8 Å². The van der Waals surface area contributed by atoms with Gasteiger partial charge in [0.15, 0.2) is 0 Å². The first-order valence-corrected chi connectivity index (χ1v) is 5.97. The Morgan fingerprint density at radius 2 is 2.06 bits per heavy atom. The van der Waals surface area contributed by atoms with Gasteiger partial charge < -0.3 is 15.3 Å². The fourth-order valence-electron chi connectivity index (χ4n) is 2.53. The monoisotopic (exact) mass is 252 g/mol. The van der Waals surface area contributed by atoms with E-state index < -0.39 is 11.6 Å². The Hall–Kier alpha value is -1.65. The number of carbonyl (C=O) groups is 2. The predicted molar refractivity (Wildman–Crippen MR) is 61.3 cm³/mol. The summed E-state index contributed by atoms with van der Waals surface area (Å²) in [4.78, 5) is 26.8. The molecule has 0 aromatic rings. The van der Waals surface area contributed by atoms with E-state index in [1.807, 2.05) is 6.07 Å². The number of likely N-dealkylation sites (tertiary alicyclic amines) is 1. The van der Waals surface area contributed by atoms with Gasteiger partial charge in [-0.15, -0.1) is 0 Å². The summed E-state index contributed by atoms with van der Waals surface area (Å²) >= 11 is 0. The normalized spacial score (nSPS) is 23.2. The molecule has 0 atom stereocenters. The van der Waals surface area contributed by atoms with Crippen LogP contribution in [0.2, 0.25) is 0 Å². The molecule has 2 heterocycles. The van der Waals surface area contributed by atoms with Gasteiger partial charge in [-0.3, -0.25) is 4.79 Å². The topological polar surface area (TPSA) is 96.7 Å². The SMILES string of the molecule is N#CCN1C(=O)NC2(CCN(CCO)CC2)C1=O. The molecule has 0 unspecified atom stereocenters. The highest BCUT2D eigenvalue weighted by atomic mass is 16.3. The van der Waals surface area contributed by atoms with E-state index in [4.69, 9.17) is 10.4 Å². The molecule has 2 aliphatic heterocycles. The number of carbonyl (C=O) groups excluding carboxylic acids is 2. The van der Waals surface area contributed by atoms with E-state index in [9.17, 15) is 9.59 Å². The fourth-order valence-corrected chi connectivity index (χ4v) is 2.53. The zero-order valence-electron chi connectivity index (χ0n) is 10.1. The molecule has 7 heteroatoms. The van der Waals surface area contributed by atoms with Gasteiger partial charge in [0.2, 0.25) is 0 Å². The smallest absolute Gasteiger partial charge is 0.325 e. The highest BCUT2D eigenvalue weighted by molar-refractivity contribution is 6.07. The van der Waals surface area contributed by atoms with Crippen LogP contribution in [0.25, 0.3) is 0 Å². The van der Waals surface area contributed by atoms with Gasteiger partial charge in [-0.25, -0.2) is 9.69 Å². The summed E-state index contributed by atoms with van der Waals surface area (Å²) in [6, 6.07) is 1.35. The van der Waals surface area contributed by atoms with E-state index in [0.29, 0.717) is 32.5 Å². The number of rotatable bonds is 3. The molecule has 2 rings (SSSR count). The molecular weight excluding hydrogens is 236 g/mol. The molecule has 2 saturated heterocycles. The van der Waals surface area contributed by atoms with E-state index in [0.717, 1.165) is 4.90 Å². The van der Waals surface area contributed by atoms with Crippen molar-refractivity contribution in [3.8, 4) is 6.07 Å². The zero-order valence-corrected chi connectivity index (χ0v) is 10.1. The van der Waals surface area contributed by atoms with E-state index in [2.05, 4.69) is 10.2 Å². The van der Waals surface area contributed by atoms with E-state index in [1.54, 1.807) is 0 Å². The third-order valence-corrected chi connectivity index (χ3v) is 3.60. The van der Waals surface area contributed by atoms with Crippen LogP contribution in [0.3, 0.4) is 0 Å². The minimum absolute atomic E-state index is 0.0911. The summed E-state index contributed by atoms with van der Waals surface area (Å²) in [6.45, 7) is 1.79. The maximum Gasteiger partial charge on any atom is 0.325 e. The molecule has 98 valence electrons. The molecule has 7 nitrogen and oxygen atoms in total. The van der Waals surface area contributed by atoms with Crippen molar-refractivity contribution in [2.24, 2.45) is 0 Å². The number of nitrogens with one attached hydrogen (secondary N) is 1. The molecule has 0 aromatic carbocycles. The van der Waals surface area contributed by atoms with Crippen LogP contribution in [0.4, 0.5) is 4.79 Å². The van der Waals surface area contributed by atoms with Crippen molar-refractivity contribution in [2.45, 2.75) is 18.4 Å². The van der Waals surface area contributed by atoms with Crippen LogP contribution in [-0.4, -0.2) is 65.2 Å². The van der Waals surface area contributed by atoms with Crippen molar-refractivity contribution in [1.29, 1.82) is 5.26 Å². The van der Waals surface area contributed by atoms with Gasteiger partial charge >= 0.3 is 6.03 Å². The van der Waals surface area contributed by atoms with E-state index in [1.165, 1.54) is 0 Å². The van der Waals surface area contributed by atoms with Gasteiger partial charge in [-0.2, -0.15) is 5.26 Å². The third-order valence-electron chi connectivity index (χ3n) is 3.60. The molecule has 18 heavy (non-hydrogen) atoms. The number of amides is 3. The number of hydrogen-bond acceptors (Lipinski definition) is 5. The number of aliphatic hydroxyl groups excluding tert-OH is 1. The Labute approximate surface area is 105 Å². The van der Waals surface area contributed by atoms with Gasteiger partial charge in [-0.05, 0) is 12.8 Å². The number of hydrogen-bond donors (Lipinski definition) is 2. The number of imide groups is 1. The highest BCUT2D eigenvalue weighted by Crippen LogP contribution is 2.29. The molecule has 3 amide bonds. The summed E-state index contributed by atoms with van der Waals surface area (Å²) in [6.07, 6.45) is 1.05. The second kappa shape index (κ2) is 4.92. The highest BCUT2D eigenvalue weighted by Gasteiger charge is 2.52. The first kappa shape index (κ1) is 12.8. The first-order valence-electron chi connectivity index (χ1n) is 5.97. The summed E-state index contributed by atoms with van der Waals surface area (Å²) in [5.74, 6) is -0.294. The van der Waals surface area contributed by atoms with Gasteiger partial charge in [0.25, 0.3) is 5.91 Å². The largest absolute Gasteiger partial charge is 0.395 e.